The molecule has 0 aliphatic carbocycles. The van der Waals surface area contributed by atoms with Gasteiger partial charge in [0.25, 0.3) is 0 Å². The molecule has 4 N–H and O–H groups in total. The van der Waals surface area contributed by atoms with Crippen LogP contribution in [0.15, 0.2) is 36.5 Å². The third-order valence-electron chi connectivity index (χ3n) is 13.2. The number of nitrogens with one attached hydrogen (secondary N) is 1. The summed E-state index contributed by atoms with van der Waals surface area (Å²) >= 11 is 0. The molecular formula is C58H111NO4. The second-order valence-corrected chi connectivity index (χ2v) is 19.5. The lowest BCUT2D eigenvalue weighted by Crippen LogP contribution is -2.45. The Kier molecular flexibility index (Phi) is 52.0. The number of hydrogen-bond donors (Lipinski definition) is 4. The summed E-state index contributed by atoms with van der Waals surface area (Å²) in [6, 6.07) is -0.767. The maximum atomic E-state index is 12.5. The fourth-order valence-electron chi connectivity index (χ4n) is 8.85. The average Bonchev–Trinajstić information content (AvgIpc) is 3.28. The van der Waals surface area contributed by atoms with Crippen LogP contribution in [0.2, 0.25) is 0 Å². The van der Waals surface area contributed by atoms with Gasteiger partial charge >= 0.3 is 0 Å². The third-order valence-corrected chi connectivity index (χ3v) is 13.2. The zero-order chi connectivity index (χ0) is 45.8. The second-order valence-electron chi connectivity index (χ2n) is 19.5. The first-order valence-electron chi connectivity index (χ1n) is 28.3. The van der Waals surface area contributed by atoms with E-state index in [-0.39, 0.29) is 18.9 Å². The molecule has 5 heteroatoms. The molecule has 0 rings (SSSR count). The Morgan fingerprint density at radius 1 is 0.397 bits per heavy atom. The standard InChI is InChI=1S/C58H111NO4/c1-3-5-7-9-11-13-15-17-19-21-23-25-27-28-29-30-31-33-35-37-39-41-43-45-47-49-51-55(61)53-58(63)59-56(54-60)57(62)52-50-48-46-44-42-40-38-36-34-32-26-24-22-20-18-16-14-12-10-8-6-4-2/h34,36,42,44,50,52,55-57,60-62H,3-33,35,37-41,43,45-49,51,53-54H2,1-2H3,(H,59,63)/b36-34+,44-42+,52-50+. The van der Waals surface area contributed by atoms with Gasteiger partial charge in [-0.1, -0.05) is 288 Å². The normalized spacial score (nSPS) is 13.5. The monoisotopic (exact) mass is 886 g/mol. The van der Waals surface area contributed by atoms with E-state index in [9.17, 15) is 20.1 Å². The number of allylic oxidation sites excluding steroid dienone is 5. The number of unbranched alkanes of at least 4 members (excludes halogenated alkanes) is 39. The number of aliphatic hydroxyl groups excluding tert-OH is 3. The minimum atomic E-state index is -0.959. The Labute approximate surface area is 394 Å². The molecule has 0 aliphatic heterocycles. The van der Waals surface area contributed by atoms with Crippen molar-refractivity contribution in [3.8, 4) is 0 Å². The van der Waals surface area contributed by atoms with Gasteiger partial charge in [0.2, 0.25) is 5.91 Å². The number of carbonyl (C=O) groups excluding carboxylic acids is 1. The summed E-state index contributed by atoms with van der Waals surface area (Å²) in [6.07, 6.45) is 69.1. The first-order chi connectivity index (χ1) is 31.0. The highest BCUT2D eigenvalue weighted by molar-refractivity contribution is 5.76. The Balaban J connectivity index is 3.60. The third kappa shape index (κ3) is 49.8. The number of aliphatic hydroxyl groups is 3. The van der Waals surface area contributed by atoms with E-state index in [0.717, 1.165) is 38.5 Å². The van der Waals surface area contributed by atoms with Crippen LogP contribution in [0.25, 0.3) is 0 Å². The van der Waals surface area contributed by atoms with Gasteiger partial charge in [-0.15, -0.1) is 0 Å². The Hall–Kier alpha value is -1.43. The van der Waals surface area contributed by atoms with Crippen molar-refractivity contribution in [2.24, 2.45) is 0 Å². The van der Waals surface area contributed by atoms with Crippen molar-refractivity contribution in [3.63, 3.8) is 0 Å². The van der Waals surface area contributed by atoms with Crippen molar-refractivity contribution in [2.75, 3.05) is 6.61 Å². The number of hydrogen-bond acceptors (Lipinski definition) is 4. The van der Waals surface area contributed by atoms with Crippen LogP contribution in [0.1, 0.15) is 303 Å². The van der Waals surface area contributed by atoms with Gasteiger partial charge in [0, 0.05) is 0 Å². The predicted molar refractivity (Wildman–Crippen MR) is 278 cm³/mol. The largest absolute Gasteiger partial charge is 0.394 e. The predicted octanol–water partition coefficient (Wildman–Crippen LogP) is 17.4. The van der Waals surface area contributed by atoms with E-state index in [0.29, 0.717) is 6.42 Å². The van der Waals surface area contributed by atoms with E-state index < -0.39 is 18.2 Å². The number of carbonyl (C=O) groups is 1. The van der Waals surface area contributed by atoms with Crippen LogP contribution in [0.3, 0.4) is 0 Å². The molecule has 5 nitrogen and oxygen atoms in total. The Morgan fingerprint density at radius 3 is 1.02 bits per heavy atom. The van der Waals surface area contributed by atoms with E-state index in [4.69, 9.17) is 0 Å². The minimum Gasteiger partial charge on any atom is -0.394 e. The molecule has 0 fully saturated rings. The molecule has 0 saturated heterocycles. The second kappa shape index (κ2) is 53.2. The van der Waals surface area contributed by atoms with Crippen LogP contribution >= 0.6 is 0 Å². The highest BCUT2D eigenvalue weighted by Gasteiger charge is 2.20. The fourth-order valence-corrected chi connectivity index (χ4v) is 8.85. The number of amides is 1. The Bertz CT molecular complexity index is 978. The summed E-state index contributed by atoms with van der Waals surface area (Å²) in [4.78, 5) is 12.5. The first kappa shape index (κ1) is 61.6. The summed E-state index contributed by atoms with van der Waals surface area (Å²) < 4.78 is 0. The van der Waals surface area contributed by atoms with Gasteiger partial charge in [-0.05, 0) is 44.9 Å². The molecule has 1 amide bonds. The minimum absolute atomic E-state index is 0.00571. The van der Waals surface area contributed by atoms with Gasteiger partial charge in [0.1, 0.15) is 0 Å². The molecule has 372 valence electrons. The zero-order valence-corrected chi connectivity index (χ0v) is 42.5. The molecular weight excluding hydrogens is 775 g/mol. The van der Waals surface area contributed by atoms with E-state index in [1.54, 1.807) is 6.08 Å². The van der Waals surface area contributed by atoms with Crippen LogP contribution in [-0.2, 0) is 4.79 Å². The average molecular weight is 887 g/mol. The lowest BCUT2D eigenvalue weighted by molar-refractivity contribution is -0.124. The smallest absolute Gasteiger partial charge is 0.222 e. The maximum absolute atomic E-state index is 12.5. The molecule has 0 radical (unpaired) electrons. The van der Waals surface area contributed by atoms with Gasteiger partial charge in [0.05, 0.1) is 31.3 Å². The van der Waals surface area contributed by atoms with Gasteiger partial charge in [-0.3, -0.25) is 4.79 Å². The van der Waals surface area contributed by atoms with E-state index >= 15 is 0 Å². The van der Waals surface area contributed by atoms with Crippen LogP contribution in [-0.4, -0.2) is 46.1 Å². The fraction of sp³-hybridized carbons (Fsp3) is 0.879. The molecule has 0 aliphatic rings. The summed E-state index contributed by atoms with van der Waals surface area (Å²) in [5.74, 6) is -0.324. The van der Waals surface area contributed by atoms with Crippen molar-refractivity contribution in [2.45, 2.75) is 321 Å². The molecule has 0 saturated carbocycles. The number of rotatable bonds is 52. The molecule has 3 atom stereocenters. The van der Waals surface area contributed by atoms with E-state index in [1.807, 2.05) is 6.08 Å². The molecule has 0 aromatic heterocycles. The molecule has 63 heavy (non-hydrogen) atoms. The Morgan fingerprint density at radius 2 is 0.683 bits per heavy atom. The van der Waals surface area contributed by atoms with Gasteiger partial charge in [0.15, 0.2) is 0 Å². The van der Waals surface area contributed by atoms with Gasteiger partial charge in [-0.25, -0.2) is 0 Å². The summed E-state index contributed by atoms with van der Waals surface area (Å²) in [5.41, 5.74) is 0. The van der Waals surface area contributed by atoms with Crippen LogP contribution in [0, 0.1) is 0 Å². The van der Waals surface area contributed by atoms with Crippen molar-refractivity contribution in [1.82, 2.24) is 5.32 Å². The lowest BCUT2D eigenvalue weighted by Gasteiger charge is -2.21. The first-order valence-corrected chi connectivity index (χ1v) is 28.3. The zero-order valence-electron chi connectivity index (χ0n) is 42.5. The van der Waals surface area contributed by atoms with Crippen molar-refractivity contribution < 1.29 is 20.1 Å². The van der Waals surface area contributed by atoms with Gasteiger partial charge in [-0.2, -0.15) is 0 Å². The highest BCUT2D eigenvalue weighted by Crippen LogP contribution is 2.17. The molecule has 3 unspecified atom stereocenters. The van der Waals surface area contributed by atoms with Crippen molar-refractivity contribution in [1.29, 1.82) is 0 Å². The quantitative estimate of drug-likeness (QED) is 0.0362. The molecule has 0 aromatic carbocycles. The molecule has 0 aromatic rings. The van der Waals surface area contributed by atoms with E-state index in [2.05, 4.69) is 43.5 Å². The summed E-state index contributed by atoms with van der Waals surface area (Å²) in [5, 5.41) is 33.4. The molecule has 0 heterocycles. The van der Waals surface area contributed by atoms with Crippen molar-refractivity contribution >= 4 is 5.91 Å². The molecule has 0 spiro atoms. The van der Waals surface area contributed by atoms with E-state index in [1.165, 1.54) is 238 Å². The lowest BCUT2D eigenvalue weighted by atomic mass is 10.0. The SMILES string of the molecule is CCCCCCCCCCCCCC/C=C/CC/C=C/CC/C=C/C(O)C(CO)NC(=O)CC(O)CCCCCCCCCCCCCCCCCCCCCCCCCCCC. The summed E-state index contributed by atoms with van der Waals surface area (Å²) in [6.45, 7) is 4.23. The van der Waals surface area contributed by atoms with Crippen LogP contribution in [0.5, 0.6) is 0 Å². The topological polar surface area (TPSA) is 89.8 Å². The highest BCUT2D eigenvalue weighted by atomic mass is 16.3. The van der Waals surface area contributed by atoms with Crippen LogP contribution in [0.4, 0.5) is 0 Å². The van der Waals surface area contributed by atoms with Crippen LogP contribution < -0.4 is 5.32 Å². The molecule has 0 bridgehead atoms. The summed E-state index contributed by atoms with van der Waals surface area (Å²) in [7, 11) is 0. The van der Waals surface area contributed by atoms with Crippen molar-refractivity contribution in [3.05, 3.63) is 36.5 Å². The van der Waals surface area contributed by atoms with Gasteiger partial charge < -0.3 is 20.6 Å². The maximum Gasteiger partial charge on any atom is 0.222 e.